The fraction of sp³-hybridized carbons (Fsp3) is 0.800. The molecule has 1 unspecified atom stereocenters. The molecule has 0 radical (unpaired) electrons. The number of halogens is 3. The van der Waals surface area contributed by atoms with Gasteiger partial charge >= 0.3 is 18.2 Å². The third-order valence-electron chi connectivity index (χ3n) is 2.04. The van der Waals surface area contributed by atoms with E-state index >= 15 is 0 Å². The first kappa shape index (κ1) is 17.9. The Balaban J connectivity index is 4.42. The van der Waals surface area contributed by atoms with E-state index in [1.165, 1.54) is 0 Å². The lowest BCUT2D eigenvalue weighted by Gasteiger charge is -2.23. The zero-order valence-electron chi connectivity index (χ0n) is 10.7. The first-order valence-corrected chi connectivity index (χ1v) is 6.85. The number of nitrogens with one attached hydrogen (secondary N) is 1. The Morgan fingerprint density at radius 2 is 2.00 bits per heavy atom. The number of carbonyl (C=O) groups excluding carboxylic acids is 1. The van der Waals surface area contributed by atoms with Gasteiger partial charge in [-0.1, -0.05) is 6.92 Å². The fourth-order valence-electron chi connectivity index (χ4n) is 1.30. The van der Waals surface area contributed by atoms with E-state index in [0.29, 0.717) is 0 Å². The predicted molar refractivity (Wildman–Crippen MR) is 66.2 cm³/mol. The van der Waals surface area contributed by atoms with E-state index in [1.807, 2.05) is 13.2 Å². The number of rotatable bonds is 7. The lowest BCUT2D eigenvalue weighted by molar-refractivity contribution is -0.148. The number of thioether (sulfide) groups is 1. The number of alkyl halides is 3. The highest BCUT2D eigenvalue weighted by atomic mass is 32.2. The summed E-state index contributed by atoms with van der Waals surface area (Å²) in [5, 5.41) is 10.8. The van der Waals surface area contributed by atoms with Crippen LogP contribution in [0.15, 0.2) is 0 Å². The van der Waals surface area contributed by atoms with Crippen molar-refractivity contribution in [2.45, 2.75) is 13.1 Å². The molecule has 9 heteroatoms. The van der Waals surface area contributed by atoms with Crippen molar-refractivity contribution >= 4 is 23.8 Å². The van der Waals surface area contributed by atoms with E-state index in [2.05, 4.69) is 5.32 Å². The van der Waals surface area contributed by atoms with Gasteiger partial charge in [0, 0.05) is 6.54 Å². The van der Waals surface area contributed by atoms with Gasteiger partial charge in [-0.2, -0.15) is 24.9 Å². The van der Waals surface area contributed by atoms with Crippen molar-refractivity contribution in [2.75, 3.05) is 31.6 Å². The molecule has 19 heavy (non-hydrogen) atoms. The van der Waals surface area contributed by atoms with Crippen LogP contribution in [0.25, 0.3) is 0 Å². The Hall–Kier alpha value is -1.12. The lowest BCUT2D eigenvalue weighted by atomic mass is 10.2. The van der Waals surface area contributed by atoms with Crippen molar-refractivity contribution < 1.29 is 27.9 Å². The summed E-state index contributed by atoms with van der Waals surface area (Å²) in [5.74, 6) is -0.647. The second-order valence-corrected chi connectivity index (χ2v) is 5.02. The van der Waals surface area contributed by atoms with Crippen LogP contribution in [0, 0.1) is 5.92 Å². The van der Waals surface area contributed by atoms with Crippen LogP contribution in [0.1, 0.15) is 6.92 Å². The van der Waals surface area contributed by atoms with Gasteiger partial charge in [0.25, 0.3) is 0 Å². The molecule has 0 bridgehead atoms. The van der Waals surface area contributed by atoms with Gasteiger partial charge in [-0.3, -0.25) is 4.79 Å². The quantitative estimate of drug-likeness (QED) is 0.750. The molecule has 112 valence electrons. The third-order valence-corrected chi connectivity index (χ3v) is 2.94. The number of hydrogen-bond acceptors (Lipinski definition) is 3. The van der Waals surface area contributed by atoms with Crippen molar-refractivity contribution in [3.8, 4) is 0 Å². The number of carbonyl (C=O) groups is 2. The molecule has 0 heterocycles. The van der Waals surface area contributed by atoms with E-state index in [9.17, 15) is 22.8 Å². The summed E-state index contributed by atoms with van der Waals surface area (Å²) < 4.78 is 36.7. The van der Waals surface area contributed by atoms with E-state index in [4.69, 9.17) is 5.11 Å². The summed E-state index contributed by atoms with van der Waals surface area (Å²) in [6.07, 6.45) is -2.75. The van der Waals surface area contributed by atoms with Crippen LogP contribution in [-0.4, -0.2) is 59.8 Å². The lowest BCUT2D eigenvalue weighted by Crippen LogP contribution is -2.48. The van der Waals surface area contributed by atoms with Gasteiger partial charge in [-0.05, 0) is 17.9 Å². The topological polar surface area (TPSA) is 69.6 Å². The minimum Gasteiger partial charge on any atom is -0.480 e. The normalized spacial score (nSPS) is 12.9. The molecule has 0 aromatic rings. The van der Waals surface area contributed by atoms with Crippen LogP contribution >= 0.6 is 11.8 Å². The summed E-state index contributed by atoms with van der Waals surface area (Å²) in [7, 11) is 0. The molecular formula is C10H17F3N2O3S. The van der Waals surface area contributed by atoms with Gasteiger partial charge in [0.1, 0.15) is 13.1 Å². The van der Waals surface area contributed by atoms with E-state index in [0.717, 1.165) is 5.75 Å². The molecule has 0 aromatic heterocycles. The number of nitrogens with zero attached hydrogens (tertiary/aromatic N) is 1. The first-order valence-electron chi connectivity index (χ1n) is 5.46. The summed E-state index contributed by atoms with van der Waals surface area (Å²) in [5.41, 5.74) is 0. The van der Waals surface area contributed by atoms with E-state index in [-0.39, 0.29) is 17.4 Å². The zero-order chi connectivity index (χ0) is 15.1. The number of carboxylic acid groups (broad SMARTS) is 1. The molecule has 2 N–H and O–H groups in total. The Kier molecular flexibility index (Phi) is 7.65. The van der Waals surface area contributed by atoms with Gasteiger partial charge in [0.05, 0.1) is 0 Å². The molecule has 0 saturated heterocycles. The number of amides is 2. The SMILES string of the molecule is CSCC(C)CNC(=O)N(CC(=O)O)CC(F)(F)F. The maximum atomic E-state index is 12.2. The molecule has 1 atom stereocenters. The molecule has 5 nitrogen and oxygen atoms in total. The van der Waals surface area contributed by atoms with Crippen LogP contribution in [0.5, 0.6) is 0 Å². The maximum absolute atomic E-state index is 12.2. The molecule has 0 spiro atoms. The second-order valence-electron chi connectivity index (χ2n) is 4.11. The van der Waals surface area contributed by atoms with Crippen molar-refractivity contribution in [3.63, 3.8) is 0 Å². The minimum atomic E-state index is -4.63. The molecule has 0 aromatic carbocycles. The second kappa shape index (κ2) is 8.13. The summed E-state index contributed by atoms with van der Waals surface area (Å²) in [6, 6.07) is -1.02. The largest absolute Gasteiger partial charge is 0.480 e. The van der Waals surface area contributed by atoms with Gasteiger partial charge in [-0.15, -0.1) is 0 Å². The van der Waals surface area contributed by atoms with Crippen molar-refractivity contribution in [2.24, 2.45) is 5.92 Å². The standard InChI is InChI=1S/C10H17F3N2O3S/c1-7(5-19-2)3-14-9(18)15(4-8(16)17)6-10(11,12)13/h7H,3-6H2,1-2H3,(H,14,18)(H,16,17). The van der Waals surface area contributed by atoms with Crippen molar-refractivity contribution in [3.05, 3.63) is 0 Å². The van der Waals surface area contributed by atoms with Crippen LogP contribution in [0.2, 0.25) is 0 Å². The number of urea groups is 1. The molecular weight excluding hydrogens is 285 g/mol. The zero-order valence-corrected chi connectivity index (χ0v) is 11.5. The van der Waals surface area contributed by atoms with Gasteiger partial charge in [-0.25, -0.2) is 4.79 Å². The number of carboxylic acids is 1. The van der Waals surface area contributed by atoms with Gasteiger partial charge in [0.2, 0.25) is 0 Å². The van der Waals surface area contributed by atoms with Crippen LogP contribution in [0.4, 0.5) is 18.0 Å². The highest BCUT2D eigenvalue weighted by Gasteiger charge is 2.34. The van der Waals surface area contributed by atoms with Crippen molar-refractivity contribution in [1.82, 2.24) is 10.2 Å². The van der Waals surface area contributed by atoms with Crippen LogP contribution < -0.4 is 5.32 Å². The van der Waals surface area contributed by atoms with Crippen molar-refractivity contribution in [1.29, 1.82) is 0 Å². The fourth-order valence-corrected chi connectivity index (χ4v) is 1.98. The smallest absolute Gasteiger partial charge is 0.406 e. The van der Waals surface area contributed by atoms with Crippen LogP contribution in [0.3, 0.4) is 0 Å². The third kappa shape index (κ3) is 9.46. The Bertz CT molecular complexity index is 313. The molecule has 0 rings (SSSR count). The predicted octanol–water partition coefficient (Wildman–Crippen LogP) is 1.64. The highest BCUT2D eigenvalue weighted by Crippen LogP contribution is 2.16. The average molecular weight is 302 g/mol. The summed E-state index contributed by atoms with van der Waals surface area (Å²) in [6.45, 7) is -0.528. The maximum Gasteiger partial charge on any atom is 0.406 e. The Morgan fingerprint density at radius 1 is 1.42 bits per heavy atom. The molecule has 0 aliphatic carbocycles. The summed E-state index contributed by atoms with van der Waals surface area (Å²) >= 11 is 1.55. The Labute approximate surface area is 113 Å². The summed E-state index contributed by atoms with van der Waals surface area (Å²) in [4.78, 5) is 22.2. The average Bonchev–Trinajstić information content (AvgIpc) is 2.22. The first-order chi connectivity index (χ1) is 8.65. The Morgan fingerprint density at radius 3 is 2.42 bits per heavy atom. The van der Waals surface area contributed by atoms with E-state index in [1.54, 1.807) is 11.8 Å². The minimum absolute atomic E-state index is 0.0940. The number of hydrogen-bond donors (Lipinski definition) is 2. The number of aliphatic carboxylic acids is 1. The molecule has 0 saturated carbocycles. The monoisotopic (exact) mass is 302 g/mol. The van der Waals surface area contributed by atoms with E-state index < -0.39 is 31.3 Å². The van der Waals surface area contributed by atoms with Crippen LogP contribution in [-0.2, 0) is 4.79 Å². The van der Waals surface area contributed by atoms with Gasteiger partial charge in [0.15, 0.2) is 0 Å². The molecule has 0 fully saturated rings. The highest BCUT2D eigenvalue weighted by molar-refractivity contribution is 7.98. The van der Waals surface area contributed by atoms with Gasteiger partial charge < -0.3 is 15.3 Å². The molecule has 2 amide bonds. The molecule has 0 aliphatic rings. The molecule has 0 aliphatic heterocycles.